The van der Waals surface area contributed by atoms with Crippen LogP contribution in [0.25, 0.3) is 5.82 Å². The summed E-state index contributed by atoms with van der Waals surface area (Å²) in [6.07, 6.45) is 3.64. The SMILES string of the molecule is CCOc1cc(OCc2ccc(Cl)cc2Cl)ccc1C=NNC(=O)c1c(CN2CCCC2)nnn1-c1nonc1N. The number of nitrogens with one attached hydrogen (secondary N) is 1. The van der Waals surface area contributed by atoms with Gasteiger partial charge in [-0.3, -0.25) is 9.69 Å². The molecule has 0 atom stereocenters. The van der Waals surface area contributed by atoms with Gasteiger partial charge >= 0.3 is 0 Å². The van der Waals surface area contributed by atoms with Crippen LogP contribution in [0.2, 0.25) is 10.0 Å². The van der Waals surface area contributed by atoms with E-state index in [1.807, 2.05) is 13.0 Å². The summed E-state index contributed by atoms with van der Waals surface area (Å²) in [6.45, 7) is 4.79. The molecule has 0 radical (unpaired) electrons. The molecule has 2 aromatic carbocycles. The van der Waals surface area contributed by atoms with Gasteiger partial charge in [-0.15, -0.1) is 5.10 Å². The summed E-state index contributed by atoms with van der Waals surface area (Å²) >= 11 is 12.2. The third kappa shape index (κ3) is 6.76. The van der Waals surface area contributed by atoms with Gasteiger partial charge in [0, 0.05) is 33.8 Å². The van der Waals surface area contributed by atoms with Crippen molar-refractivity contribution < 1.29 is 18.9 Å². The van der Waals surface area contributed by atoms with Gasteiger partial charge in [0.1, 0.15) is 23.8 Å². The van der Waals surface area contributed by atoms with Gasteiger partial charge in [-0.25, -0.2) is 10.1 Å². The first kappa shape index (κ1) is 28.3. The van der Waals surface area contributed by atoms with Crippen molar-refractivity contribution in [2.45, 2.75) is 32.9 Å². The van der Waals surface area contributed by atoms with Gasteiger partial charge in [0.25, 0.3) is 5.91 Å². The molecule has 41 heavy (non-hydrogen) atoms. The van der Waals surface area contributed by atoms with Crippen LogP contribution >= 0.6 is 23.2 Å². The Morgan fingerprint density at radius 3 is 2.73 bits per heavy atom. The van der Waals surface area contributed by atoms with Crippen molar-refractivity contribution in [1.29, 1.82) is 0 Å². The van der Waals surface area contributed by atoms with Gasteiger partial charge < -0.3 is 15.2 Å². The summed E-state index contributed by atoms with van der Waals surface area (Å²) < 4.78 is 17.6. The lowest BCUT2D eigenvalue weighted by molar-refractivity contribution is 0.0945. The van der Waals surface area contributed by atoms with Crippen molar-refractivity contribution in [3.05, 3.63) is 69.0 Å². The van der Waals surface area contributed by atoms with E-state index in [-0.39, 0.29) is 23.9 Å². The number of nitrogens with two attached hydrogens (primary N) is 1. The monoisotopic (exact) mass is 599 g/mol. The number of halogens is 2. The Morgan fingerprint density at radius 2 is 2.00 bits per heavy atom. The zero-order valence-electron chi connectivity index (χ0n) is 22.1. The fourth-order valence-electron chi connectivity index (χ4n) is 4.29. The lowest BCUT2D eigenvalue weighted by Gasteiger charge is -2.13. The van der Waals surface area contributed by atoms with Gasteiger partial charge in [0.2, 0.25) is 11.6 Å². The highest BCUT2D eigenvalue weighted by molar-refractivity contribution is 6.35. The Bertz CT molecular complexity index is 1550. The number of amides is 1. The summed E-state index contributed by atoms with van der Waals surface area (Å²) in [5, 5.41) is 20.8. The molecule has 1 amide bonds. The van der Waals surface area contributed by atoms with Crippen molar-refractivity contribution in [3.63, 3.8) is 0 Å². The highest BCUT2D eigenvalue weighted by atomic mass is 35.5. The molecule has 0 saturated carbocycles. The number of aromatic nitrogens is 5. The molecule has 0 bridgehead atoms. The van der Waals surface area contributed by atoms with Gasteiger partial charge in [0.15, 0.2) is 5.69 Å². The van der Waals surface area contributed by atoms with Crippen molar-refractivity contribution in [2.24, 2.45) is 5.10 Å². The first-order valence-corrected chi connectivity index (χ1v) is 13.6. The normalized spacial score (nSPS) is 13.6. The van der Waals surface area contributed by atoms with Crippen molar-refractivity contribution in [2.75, 3.05) is 25.4 Å². The largest absolute Gasteiger partial charge is 0.493 e. The minimum Gasteiger partial charge on any atom is -0.493 e. The van der Waals surface area contributed by atoms with E-state index in [9.17, 15) is 4.79 Å². The highest BCUT2D eigenvalue weighted by Gasteiger charge is 2.27. The van der Waals surface area contributed by atoms with Crippen molar-refractivity contribution in [1.82, 2.24) is 35.6 Å². The molecule has 0 spiro atoms. The third-order valence-corrected chi connectivity index (χ3v) is 6.87. The average Bonchev–Trinajstić information content (AvgIpc) is 3.71. The van der Waals surface area contributed by atoms with Crippen LogP contribution in [0.5, 0.6) is 11.5 Å². The van der Waals surface area contributed by atoms with Crippen LogP contribution in [0.4, 0.5) is 5.82 Å². The minimum absolute atomic E-state index is 0.0258. The summed E-state index contributed by atoms with van der Waals surface area (Å²) in [5.41, 5.74) is 10.4. The highest BCUT2D eigenvalue weighted by Crippen LogP contribution is 2.27. The fourth-order valence-corrected chi connectivity index (χ4v) is 4.75. The van der Waals surface area contributed by atoms with Gasteiger partial charge in [-0.1, -0.05) is 34.5 Å². The second kappa shape index (κ2) is 13.0. The van der Waals surface area contributed by atoms with Crippen molar-refractivity contribution in [3.8, 4) is 17.3 Å². The van der Waals surface area contributed by atoms with Crippen LogP contribution in [0.15, 0.2) is 46.1 Å². The molecule has 15 heteroatoms. The molecule has 4 aromatic rings. The molecule has 5 rings (SSSR count). The van der Waals surface area contributed by atoms with E-state index in [1.165, 1.54) is 10.9 Å². The van der Waals surface area contributed by atoms with Gasteiger partial charge in [0.05, 0.1) is 12.8 Å². The number of carbonyl (C=O) groups is 1. The smallest absolute Gasteiger partial charge is 0.292 e. The quantitative estimate of drug-likeness (QED) is 0.191. The number of hydrogen-bond acceptors (Lipinski definition) is 11. The standard InChI is InChI=1S/C26H27Cl2N9O4/c1-2-39-22-12-19(40-15-17-5-7-18(27)11-20(17)28)8-6-16(22)13-30-32-26(38)23-21(14-36-9-3-4-10-36)31-35-37(23)25-24(29)33-41-34-25/h5-8,11-13H,2-4,9-10,14-15H2,1H3,(H2,29,33)(H,32,38). The number of rotatable bonds is 11. The second-order valence-corrected chi connectivity index (χ2v) is 9.95. The fraction of sp³-hybridized carbons (Fsp3) is 0.308. The lowest BCUT2D eigenvalue weighted by Crippen LogP contribution is -2.26. The average molecular weight is 600 g/mol. The minimum atomic E-state index is -0.555. The van der Waals surface area contributed by atoms with Crippen LogP contribution < -0.4 is 20.6 Å². The zero-order chi connectivity index (χ0) is 28.8. The van der Waals surface area contributed by atoms with E-state index in [1.54, 1.807) is 30.3 Å². The molecule has 2 aromatic heterocycles. The van der Waals surface area contributed by atoms with E-state index in [4.69, 9.17) is 43.0 Å². The zero-order valence-corrected chi connectivity index (χ0v) is 23.6. The predicted octanol–water partition coefficient (Wildman–Crippen LogP) is 3.88. The number of hydrogen-bond donors (Lipinski definition) is 2. The molecule has 13 nitrogen and oxygen atoms in total. The van der Waals surface area contributed by atoms with Crippen LogP contribution in [0.1, 0.15) is 47.1 Å². The molecule has 1 saturated heterocycles. The lowest BCUT2D eigenvalue weighted by atomic mass is 10.2. The number of hydrazone groups is 1. The summed E-state index contributed by atoms with van der Waals surface area (Å²) in [7, 11) is 0. The number of benzene rings is 2. The summed E-state index contributed by atoms with van der Waals surface area (Å²) in [5.74, 6) is 0.574. The second-order valence-electron chi connectivity index (χ2n) is 9.11. The van der Waals surface area contributed by atoms with E-state index in [2.05, 4.69) is 36.1 Å². The maximum absolute atomic E-state index is 13.3. The maximum atomic E-state index is 13.3. The Kier molecular flexibility index (Phi) is 8.97. The predicted molar refractivity (Wildman–Crippen MR) is 152 cm³/mol. The number of carbonyl (C=O) groups excluding carboxylic acids is 1. The molecule has 1 aliphatic heterocycles. The number of nitrogens with zero attached hydrogens (tertiary/aromatic N) is 7. The number of anilines is 1. The first-order valence-electron chi connectivity index (χ1n) is 12.8. The van der Waals surface area contributed by atoms with Crippen LogP contribution in [0.3, 0.4) is 0 Å². The van der Waals surface area contributed by atoms with Gasteiger partial charge in [-0.2, -0.15) is 9.78 Å². The first-order chi connectivity index (χ1) is 19.9. The van der Waals surface area contributed by atoms with Crippen molar-refractivity contribution >= 4 is 41.1 Å². The van der Waals surface area contributed by atoms with E-state index >= 15 is 0 Å². The third-order valence-electron chi connectivity index (χ3n) is 6.29. The number of likely N-dealkylation sites (tertiary alicyclic amines) is 1. The van der Waals surface area contributed by atoms with Crippen LogP contribution in [-0.4, -0.2) is 62.0 Å². The van der Waals surface area contributed by atoms with Crippen LogP contribution in [-0.2, 0) is 13.2 Å². The molecule has 0 unspecified atom stereocenters. The summed E-state index contributed by atoms with van der Waals surface area (Å²) in [4.78, 5) is 15.5. The Balaban J connectivity index is 1.31. The van der Waals surface area contributed by atoms with E-state index in [0.717, 1.165) is 31.5 Å². The Hall–Kier alpha value is -4.20. The topological polar surface area (TPSA) is 159 Å². The molecule has 1 fully saturated rings. The molecular formula is C26H27Cl2N9O4. The molecule has 3 heterocycles. The summed E-state index contributed by atoms with van der Waals surface area (Å²) in [6, 6.07) is 10.5. The number of nitrogen functional groups attached to an aromatic ring is 1. The Morgan fingerprint density at radius 1 is 1.17 bits per heavy atom. The molecule has 3 N–H and O–H groups in total. The van der Waals surface area contributed by atoms with Gasteiger partial charge in [-0.05, 0) is 67.4 Å². The molecule has 0 aliphatic carbocycles. The maximum Gasteiger partial charge on any atom is 0.292 e. The van der Waals surface area contributed by atoms with E-state index < -0.39 is 5.91 Å². The molecule has 1 aliphatic rings. The van der Waals surface area contributed by atoms with E-state index in [0.29, 0.717) is 46.0 Å². The molecular weight excluding hydrogens is 573 g/mol. The Labute approximate surface area is 245 Å². The van der Waals surface area contributed by atoms with Crippen LogP contribution in [0, 0.1) is 0 Å². The molecule has 214 valence electrons. The number of ether oxygens (including phenoxy) is 2.